The fraction of sp³-hybridized carbons (Fsp3) is 0.429. The molecule has 80 valence electrons. The van der Waals surface area contributed by atoms with Gasteiger partial charge in [-0.2, -0.15) is 0 Å². The first kappa shape index (κ1) is 10.4. The van der Waals surface area contributed by atoms with E-state index in [9.17, 15) is 0 Å². The first-order valence-electron chi connectivity index (χ1n) is 5.87. The molecule has 1 aliphatic rings. The van der Waals surface area contributed by atoms with Gasteiger partial charge in [0.1, 0.15) is 0 Å². The monoisotopic (exact) mass is 201 g/mol. The van der Waals surface area contributed by atoms with Gasteiger partial charge in [-0.05, 0) is 36.4 Å². The Morgan fingerprint density at radius 3 is 2.60 bits per heavy atom. The van der Waals surface area contributed by atoms with Crippen molar-refractivity contribution in [3.05, 3.63) is 41.5 Å². The largest absolute Gasteiger partial charge is 0.314 e. The lowest BCUT2D eigenvalue weighted by atomic mass is 10.1. The van der Waals surface area contributed by atoms with Crippen LogP contribution in [-0.2, 0) is 0 Å². The van der Waals surface area contributed by atoms with Crippen molar-refractivity contribution in [2.24, 2.45) is 0 Å². The second kappa shape index (κ2) is 5.13. The molecule has 1 nitrogen and oxygen atoms in total. The van der Waals surface area contributed by atoms with Gasteiger partial charge in [-0.1, -0.05) is 43.3 Å². The van der Waals surface area contributed by atoms with Crippen molar-refractivity contribution in [2.45, 2.75) is 25.7 Å². The van der Waals surface area contributed by atoms with Crippen LogP contribution in [0.25, 0.3) is 6.08 Å². The Labute approximate surface area is 92.2 Å². The Morgan fingerprint density at radius 2 is 2.00 bits per heavy atom. The van der Waals surface area contributed by atoms with E-state index in [2.05, 4.69) is 48.7 Å². The number of hydrogen-bond donors (Lipinski definition) is 1. The van der Waals surface area contributed by atoms with Gasteiger partial charge >= 0.3 is 0 Å². The first-order chi connectivity index (χ1) is 7.40. The summed E-state index contributed by atoms with van der Waals surface area (Å²) >= 11 is 0. The molecule has 1 fully saturated rings. The zero-order valence-corrected chi connectivity index (χ0v) is 9.37. The van der Waals surface area contributed by atoms with Crippen molar-refractivity contribution in [2.75, 3.05) is 13.1 Å². The van der Waals surface area contributed by atoms with Gasteiger partial charge in [-0.15, -0.1) is 0 Å². The van der Waals surface area contributed by atoms with Gasteiger partial charge in [0.05, 0.1) is 0 Å². The molecule has 0 atom stereocenters. The molecule has 15 heavy (non-hydrogen) atoms. The van der Waals surface area contributed by atoms with Crippen LogP contribution in [0.5, 0.6) is 0 Å². The second-order valence-electron chi connectivity index (χ2n) is 4.15. The van der Waals surface area contributed by atoms with E-state index in [-0.39, 0.29) is 0 Å². The molecular weight excluding hydrogens is 182 g/mol. The van der Waals surface area contributed by atoms with Gasteiger partial charge in [0, 0.05) is 6.54 Å². The highest BCUT2D eigenvalue weighted by molar-refractivity contribution is 5.50. The van der Waals surface area contributed by atoms with E-state index in [1.165, 1.54) is 24.0 Å². The van der Waals surface area contributed by atoms with E-state index in [4.69, 9.17) is 0 Å². The van der Waals surface area contributed by atoms with E-state index in [1.54, 1.807) is 0 Å². The summed E-state index contributed by atoms with van der Waals surface area (Å²) in [4.78, 5) is 0. The maximum absolute atomic E-state index is 3.27. The minimum atomic E-state index is 0.866. The van der Waals surface area contributed by atoms with Crippen LogP contribution in [0.4, 0.5) is 0 Å². The smallest absolute Gasteiger partial charge is 0.0138 e. The van der Waals surface area contributed by atoms with Gasteiger partial charge < -0.3 is 5.32 Å². The Bertz CT molecular complexity index is 320. The summed E-state index contributed by atoms with van der Waals surface area (Å²) in [6.07, 6.45) is 7.13. The van der Waals surface area contributed by atoms with Gasteiger partial charge in [0.15, 0.2) is 0 Å². The minimum Gasteiger partial charge on any atom is -0.314 e. The number of benzene rings is 1. The fourth-order valence-corrected chi connectivity index (χ4v) is 1.72. The summed E-state index contributed by atoms with van der Waals surface area (Å²) in [5.41, 5.74) is 2.82. The molecule has 1 heteroatoms. The van der Waals surface area contributed by atoms with Crippen molar-refractivity contribution >= 4 is 6.08 Å². The molecule has 1 aromatic rings. The maximum atomic E-state index is 3.27. The molecule has 1 N–H and O–H groups in total. The molecule has 0 radical (unpaired) electrons. The zero-order valence-electron chi connectivity index (χ0n) is 9.37. The number of rotatable bonds is 5. The average Bonchev–Trinajstić information content (AvgIpc) is 3.09. The van der Waals surface area contributed by atoms with Crippen LogP contribution in [0, 0.1) is 0 Å². The van der Waals surface area contributed by atoms with Crippen LogP contribution in [0.2, 0.25) is 0 Å². The molecule has 0 spiro atoms. The number of hydrogen-bond acceptors (Lipinski definition) is 1. The van der Waals surface area contributed by atoms with Crippen LogP contribution in [0.3, 0.4) is 0 Å². The lowest BCUT2D eigenvalue weighted by Crippen LogP contribution is -2.11. The summed E-state index contributed by atoms with van der Waals surface area (Å²) < 4.78 is 0. The molecule has 0 aliphatic heterocycles. The molecule has 0 unspecified atom stereocenters. The van der Waals surface area contributed by atoms with Crippen molar-refractivity contribution in [3.63, 3.8) is 0 Å². The van der Waals surface area contributed by atoms with Gasteiger partial charge in [0.25, 0.3) is 0 Å². The summed E-state index contributed by atoms with van der Waals surface area (Å²) in [5.74, 6) is 0.866. The zero-order chi connectivity index (χ0) is 10.5. The lowest BCUT2D eigenvalue weighted by Gasteiger charge is -1.98. The molecular formula is C14H19N. The minimum absolute atomic E-state index is 0.866. The second-order valence-corrected chi connectivity index (χ2v) is 4.15. The molecule has 1 saturated carbocycles. The Kier molecular flexibility index (Phi) is 3.57. The van der Waals surface area contributed by atoms with Crippen LogP contribution < -0.4 is 5.32 Å². The van der Waals surface area contributed by atoms with Crippen molar-refractivity contribution < 1.29 is 0 Å². The Balaban J connectivity index is 1.88. The topological polar surface area (TPSA) is 12.0 Å². The predicted octanol–water partition coefficient (Wildman–Crippen LogP) is 3.19. The third kappa shape index (κ3) is 3.21. The van der Waals surface area contributed by atoms with Crippen LogP contribution in [0.1, 0.15) is 36.8 Å². The van der Waals surface area contributed by atoms with Crippen LogP contribution in [-0.4, -0.2) is 13.1 Å². The third-order valence-electron chi connectivity index (χ3n) is 2.81. The third-order valence-corrected chi connectivity index (χ3v) is 2.81. The fourth-order valence-electron chi connectivity index (χ4n) is 1.72. The highest BCUT2D eigenvalue weighted by atomic mass is 14.8. The normalized spacial score (nSPS) is 16.1. The standard InChI is InChI=1S/C14H19N/c1-2-15-11-3-4-12-5-7-13(8-6-12)14-9-10-14/h3-8,14-15H,2,9-11H2,1H3. The average molecular weight is 201 g/mol. The molecule has 0 amide bonds. The number of nitrogens with one attached hydrogen (secondary N) is 1. The SMILES string of the molecule is CCNCC=Cc1ccc(C2CC2)cc1. The van der Waals surface area contributed by atoms with E-state index in [0.29, 0.717) is 0 Å². The van der Waals surface area contributed by atoms with Gasteiger partial charge in [-0.3, -0.25) is 0 Å². The predicted molar refractivity (Wildman–Crippen MR) is 66.0 cm³/mol. The maximum Gasteiger partial charge on any atom is 0.0138 e. The van der Waals surface area contributed by atoms with Crippen molar-refractivity contribution in [1.82, 2.24) is 5.32 Å². The summed E-state index contributed by atoms with van der Waals surface area (Å²) in [5, 5.41) is 3.27. The number of likely N-dealkylation sites (N-methyl/N-ethyl adjacent to an activating group) is 1. The van der Waals surface area contributed by atoms with E-state index in [1.807, 2.05) is 0 Å². The van der Waals surface area contributed by atoms with E-state index in [0.717, 1.165) is 19.0 Å². The van der Waals surface area contributed by atoms with Crippen molar-refractivity contribution in [3.8, 4) is 0 Å². The Hall–Kier alpha value is -1.08. The van der Waals surface area contributed by atoms with E-state index >= 15 is 0 Å². The molecule has 2 rings (SSSR count). The highest BCUT2D eigenvalue weighted by Crippen LogP contribution is 2.39. The quantitative estimate of drug-likeness (QED) is 0.721. The highest BCUT2D eigenvalue weighted by Gasteiger charge is 2.22. The lowest BCUT2D eigenvalue weighted by molar-refractivity contribution is 0.801. The summed E-state index contributed by atoms with van der Waals surface area (Å²) in [7, 11) is 0. The van der Waals surface area contributed by atoms with Gasteiger partial charge in [-0.25, -0.2) is 0 Å². The molecule has 0 heterocycles. The van der Waals surface area contributed by atoms with Crippen LogP contribution >= 0.6 is 0 Å². The molecule has 1 aromatic carbocycles. The van der Waals surface area contributed by atoms with Crippen molar-refractivity contribution in [1.29, 1.82) is 0 Å². The van der Waals surface area contributed by atoms with E-state index < -0.39 is 0 Å². The van der Waals surface area contributed by atoms with Crippen LogP contribution in [0.15, 0.2) is 30.3 Å². The first-order valence-corrected chi connectivity index (χ1v) is 5.87. The summed E-state index contributed by atoms with van der Waals surface area (Å²) in [6.45, 7) is 4.12. The Morgan fingerprint density at radius 1 is 1.27 bits per heavy atom. The van der Waals surface area contributed by atoms with Gasteiger partial charge in [0.2, 0.25) is 0 Å². The summed E-state index contributed by atoms with van der Waals surface area (Å²) in [6, 6.07) is 8.97. The molecule has 0 saturated heterocycles. The molecule has 1 aliphatic carbocycles. The molecule has 0 aromatic heterocycles. The molecule has 0 bridgehead atoms.